The van der Waals surface area contributed by atoms with Crippen molar-refractivity contribution in [2.24, 2.45) is 40.2 Å². The Morgan fingerprint density at radius 2 is 1.91 bits per heavy atom. The highest BCUT2D eigenvalue weighted by Gasteiger charge is 2.68. The second kappa shape index (κ2) is 8.71. The third-order valence-corrected chi connectivity index (χ3v) is 10.5. The van der Waals surface area contributed by atoms with Crippen molar-refractivity contribution in [2.45, 2.75) is 110 Å². The molecule has 0 aromatic rings. The zero-order chi connectivity index (χ0) is 23.3. The molecule has 4 aliphatic rings. The number of guanidine groups is 1. The monoisotopic (exact) mass is 450 g/mol. The van der Waals surface area contributed by atoms with Crippen LogP contribution in [0.4, 0.5) is 0 Å². The molecule has 0 aliphatic heterocycles. The van der Waals surface area contributed by atoms with Crippen LogP contribution in [0.3, 0.4) is 0 Å². The Bertz CT molecular complexity index is 707. The fourth-order valence-corrected chi connectivity index (χ4v) is 8.74. The molecule has 9 atom stereocenters. The number of rotatable bonds is 6. The summed E-state index contributed by atoms with van der Waals surface area (Å²) in [4.78, 5) is 5.93. The zero-order valence-corrected chi connectivity index (χ0v) is 20.6. The number of nitrogens with zero attached hydrogens (tertiary/aromatic N) is 1. The summed E-state index contributed by atoms with van der Waals surface area (Å²) in [6, 6.07) is -0.00206. The summed E-state index contributed by atoms with van der Waals surface area (Å²) in [5, 5.41) is 32.0. The number of nitrogens with two attached hydrogens (primary N) is 1. The minimum Gasteiger partial charge on any atom is -0.393 e. The summed E-state index contributed by atoms with van der Waals surface area (Å²) in [6.07, 6.45) is 9.87. The van der Waals surface area contributed by atoms with Crippen LogP contribution in [0.2, 0.25) is 0 Å². The van der Waals surface area contributed by atoms with Crippen LogP contribution in [-0.4, -0.2) is 45.7 Å². The maximum atomic E-state index is 12.4. The summed E-state index contributed by atoms with van der Waals surface area (Å²) in [5.74, 6) is 1.61. The molecule has 0 saturated heterocycles. The van der Waals surface area contributed by atoms with Crippen LogP contribution in [0.15, 0.2) is 0 Å². The van der Waals surface area contributed by atoms with Crippen LogP contribution < -0.4 is 11.2 Å². The number of nitrogens with one attached hydrogen (secondary N) is 2. The third kappa shape index (κ3) is 3.68. The lowest BCUT2D eigenvalue weighted by atomic mass is 9.43. The average Bonchev–Trinajstić information content (AvgIpc) is 3.02. The Morgan fingerprint density at radius 3 is 2.59 bits per heavy atom. The SMILES string of the molecule is CCCON(NC(=N)N)C(C)[C@H]1CC[C@]2(O)[C@@H]3CC[C@@H]4C[C@@H](O)CC[C@]4(C)[C@H]3CC[C@]12C. The highest BCUT2D eigenvalue weighted by Crippen LogP contribution is 2.69. The summed E-state index contributed by atoms with van der Waals surface area (Å²) in [5.41, 5.74) is 7.94. The van der Waals surface area contributed by atoms with Crippen molar-refractivity contribution < 1.29 is 15.1 Å². The van der Waals surface area contributed by atoms with E-state index in [0.29, 0.717) is 24.4 Å². The minimum absolute atomic E-state index is 0.00206. The normalized spacial score (nSPS) is 46.8. The molecule has 4 saturated carbocycles. The van der Waals surface area contributed by atoms with Gasteiger partial charge in [-0.25, -0.2) is 0 Å². The standard InChI is InChI=1S/C25H46N4O3/c1-5-14-32-29(28-22(26)27)16(2)19-10-13-25(31)21-7-6-17-15-18(30)8-11-23(17,3)20(21)9-12-24(19,25)4/h16-21,30-31H,5-15H2,1-4H3,(H4,26,27,28)/t16?,17-,18+,19-,20+,21-,23+,24-,25+/m1/s1. The average molecular weight is 451 g/mol. The smallest absolute Gasteiger partial charge is 0.202 e. The number of aliphatic hydroxyl groups is 2. The summed E-state index contributed by atoms with van der Waals surface area (Å²) < 4.78 is 0. The first-order valence-electron chi connectivity index (χ1n) is 13.0. The lowest BCUT2D eigenvalue weighted by molar-refractivity contribution is -0.244. The first kappa shape index (κ1) is 24.2. The van der Waals surface area contributed by atoms with Crippen LogP contribution in [0, 0.1) is 39.9 Å². The summed E-state index contributed by atoms with van der Waals surface area (Å²) in [7, 11) is 0. The molecule has 0 heterocycles. The van der Waals surface area contributed by atoms with Crippen molar-refractivity contribution in [1.82, 2.24) is 10.6 Å². The van der Waals surface area contributed by atoms with Gasteiger partial charge in [0.1, 0.15) is 0 Å². The fourth-order valence-electron chi connectivity index (χ4n) is 8.74. The molecule has 4 fully saturated rings. The van der Waals surface area contributed by atoms with Crippen LogP contribution in [0.25, 0.3) is 0 Å². The van der Waals surface area contributed by atoms with Crippen molar-refractivity contribution >= 4 is 5.96 Å². The molecular weight excluding hydrogens is 404 g/mol. The number of hydrogen-bond donors (Lipinski definition) is 5. The summed E-state index contributed by atoms with van der Waals surface area (Å²) >= 11 is 0. The van der Waals surface area contributed by atoms with E-state index in [1.807, 2.05) is 0 Å². The Hall–Kier alpha value is -0.890. The van der Waals surface area contributed by atoms with Crippen molar-refractivity contribution in [3.05, 3.63) is 0 Å². The molecule has 0 aromatic carbocycles. The maximum Gasteiger partial charge on any atom is 0.202 e. The fraction of sp³-hybridized carbons (Fsp3) is 0.960. The molecule has 0 bridgehead atoms. The van der Waals surface area contributed by atoms with E-state index in [0.717, 1.165) is 64.2 Å². The van der Waals surface area contributed by atoms with Crippen molar-refractivity contribution in [3.63, 3.8) is 0 Å². The van der Waals surface area contributed by atoms with E-state index >= 15 is 0 Å². The highest BCUT2D eigenvalue weighted by atomic mass is 16.7. The van der Waals surface area contributed by atoms with Gasteiger partial charge in [0.25, 0.3) is 0 Å². The first-order chi connectivity index (χ1) is 15.1. The van der Waals surface area contributed by atoms with Crippen molar-refractivity contribution in [1.29, 1.82) is 5.41 Å². The van der Waals surface area contributed by atoms with Gasteiger partial charge in [0.05, 0.1) is 24.4 Å². The van der Waals surface area contributed by atoms with Crippen LogP contribution in [-0.2, 0) is 4.84 Å². The Kier molecular flexibility index (Phi) is 6.60. The van der Waals surface area contributed by atoms with Gasteiger partial charge in [-0.05, 0) is 100 Å². The zero-order valence-electron chi connectivity index (χ0n) is 20.6. The number of hydrazine groups is 1. The van der Waals surface area contributed by atoms with E-state index in [9.17, 15) is 10.2 Å². The van der Waals surface area contributed by atoms with E-state index in [-0.39, 0.29) is 34.9 Å². The predicted molar refractivity (Wildman–Crippen MR) is 125 cm³/mol. The molecule has 0 radical (unpaired) electrons. The van der Waals surface area contributed by atoms with Crippen LogP contribution in [0.5, 0.6) is 0 Å². The van der Waals surface area contributed by atoms with Crippen LogP contribution >= 0.6 is 0 Å². The molecule has 7 heteroatoms. The first-order valence-corrected chi connectivity index (χ1v) is 13.0. The number of hydrogen-bond acceptors (Lipinski definition) is 5. The second-order valence-corrected chi connectivity index (χ2v) is 11.9. The van der Waals surface area contributed by atoms with Crippen LogP contribution in [0.1, 0.15) is 91.9 Å². The highest BCUT2D eigenvalue weighted by molar-refractivity contribution is 5.73. The molecule has 32 heavy (non-hydrogen) atoms. The van der Waals surface area contributed by atoms with E-state index in [1.165, 1.54) is 0 Å². The lowest BCUT2D eigenvalue weighted by Crippen LogP contribution is -2.64. The Labute approximate surface area is 193 Å². The third-order valence-electron chi connectivity index (χ3n) is 10.5. The number of hydroxylamine groups is 1. The molecule has 0 aromatic heterocycles. The molecule has 0 amide bonds. The van der Waals surface area contributed by atoms with Gasteiger partial charge < -0.3 is 15.9 Å². The van der Waals surface area contributed by atoms with Crippen molar-refractivity contribution in [3.8, 4) is 0 Å². The van der Waals surface area contributed by atoms with Gasteiger partial charge in [-0.1, -0.05) is 25.9 Å². The maximum absolute atomic E-state index is 12.4. The van der Waals surface area contributed by atoms with Gasteiger partial charge in [-0.15, -0.1) is 0 Å². The van der Waals surface area contributed by atoms with E-state index in [2.05, 4.69) is 33.1 Å². The largest absolute Gasteiger partial charge is 0.393 e. The quantitative estimate of drug-likeness (QED) is 0.240. The molecule has 4 aliphatic carbocycles. The molecule has 1 unspecified atom stereocenters. The number of aliphatic hydroxyl groups excluding tert-OH is 1. The minimum atomic E-state index is -0.661. The Morgan fingerprint density at radius 1 is 1.16 bits per heavy atom. The lowest BCUT2D eigenvalue weighted by Gasteiger charge is -2.64. The van der Waals surface area contributed by atoms with Gasteiger partial charge >= 0.3 is 0 Å². The molecule has 184 valence electrons. The van der Waals surface area contributed by atoms with E-state index in [1.54, 1.807) is 5.17 Å². The number of fused-ring (bicyclic) bond motifs is 5. The van der Waals surface area contributed by atoms with Gasteiger partial charge in [0.2, 0.25) is 5.96 Å². The van der Waals surface area contributed by atoms with Gasteiger partial charge in [0, 0.05) is 5.41 Å². The summed E-state index contributed by atoms with van der Waals surface area (Å²) in [6.45, 7) is 9.53. The van der Waals surface area contributed by atoms with Gasteiger partial charge in [-0.2, -0.15) is 0 Å². The van der Waals surface area contributed by atoms with Crippen molar-refractivity contribution in [2.75, 3.05) is 6.61 Å². The topological polar surface area (TPSA) is 115 Å². The molecule has 7 nitrogen and oxygen atoms in total. The Balaban J connectivity index is 1.57. The molecule has 6 N–H and O–H groups in total. The molecule has 0 spiro atoms. The molecular formula is C25H46N4O3. The van der Waals surface area contributed by atoms with E-state index < -0.39 is 5.60 Å². The second-order valence-electron chi connectivity index (χ2n) is 11.9. The predicted octanol–water partition coefficient (Wildman–Crippen LogP) is 3.55. The van der Waals surface area contributed by atoms with Gasteiger partial charge in [-0.3, -0.25) is 15.7 Å². The van der Waals surface area contributed by atoms with Gasteiger partial charge in [0.15, 0.2) is 0 Å². The van der Waals surface area contributed by atoms with E-state index in [4.69, 9.17) is 16.0 Å². The molecule has 4 rings (SSSR count).